The zero-order valence-corrected chi connectivity index (χ0v) is 11.9. The largest absolute Gasteiger partial charge is 0.418 e. The first-order chi connectivity index (χ1) is 9.39. The van der Waals surface area contributed by atoms with Crippen molar-refractivity contribution in [1.29, 1.82) is 0 Å². The van der Waals surface area contributed by atoms with Crippen molar-refractivity contribution in [2.75, 3.05) is 18.0 Å². The monoisotopic (exact) mass is 286 g/mol. The number of hydrogen-bond donors (Lipinski definition) is 1. The second kappa shape index (κ2) is 6.04. The molecule has 0 aliphatic carbocycles. The van der Waals surface area contributed by atoms with Gasteiger partial charge in [0.1, 0.15) is 0 Å². The van der Waals surface area contributed by atoms with Crippen molar-refractivity contribution in [2.45, 2.75) is 44.9 Å². The number of rotatable bonds is 4. The predicted molar refractivity (Wildman–Crippen MR) is 75.0 cm³/mol. The maximum absolute atomic E-state index is 13.1. The minimum absolute atomic E-state index is 0.0286. The molecule has 1 atom stereocenters. The molecule has 0 aromatic heterocycles. The van der Waals surface area contributed by atoms with Crippen molar-refractivity contribution in [1.82, 2.24) is 5.32 Å². The predicted octanol–water partition coefficient (Wildman–Crippen LogP) is 3.67. The third kappa shape index (κ3) is 3.45. The summed E-state index contributed by atoms with van der Waals surface area (Å²) in [6.07, 6.45) is -2.19. The molecule has 1 aliphatic heterocycles. The van der Waals surface area contributed by atoms with E-state index in [0.29, 0.717) is 6.54 Å². The van der Waals surface area contributed by atoms with Crippen molar-refractivity contribution in [2.24, 2.45) is 0 Å². The van der Waals surface area contributed by atoms with Gasteiger partial charge in [-0.15, -0.1) is 0 Å². The summed E-state index contributed by atoms with van der Waals surface area (Å²) in [7, 11) is 0. The van der Waals surface area contributed by atoms with Crippen molar-refractivity contribution in [3.05, 3.63) is 29.8 Å². The molecule has 1 heterocycles. The number of para-hydroxylation sites is 1. The summed E-state index contributed by atoms with van der Waals surface area (Å²) in [5, 5.41) is 3.35. The summed E-state index contributed by atoms with van der Waals surface area (Å²) in [5.74, 6) is 0. The van der Waals surface area contributed by atoms with Crippen LogP contribution in [0.2, 0.25) is 0 Å². The van der Waals surface area contributed by atoms with Gasteiger partial charge in [0.15, 0.2) is 0 Å². The fourth-order valence-corrected chi connectivity index (χ4v) is 2.70. The molecule has 1 aromatic rings. The lowest BCUT2D eigenvalue weighted by atomic mass is 10.1. The van der Waals surface area contributed by atoms with Crippen molar-refractivity contribution >= 4 is 5.69 Å². The molecule has 1 unspecified atom stereocenters. The molecule has 0 saturated carbocycles. The van der Waals surface area contributed by atoms with Crippen LogP contribution in [-0.2, 0) is 6.18 Å². The molecule has 1 saturated heterocycles. The fourth-order valence-electron chi connectivity index (χ4n) is 2.70. The molecule has 2 nitrogen and oxygen atoms in total. The van der Waals surface area contributed by atoms with Gasteiger partial charge >= 0.3 is 6.18 Å². The van der Waals surface area contributed by atoms with Gasteiger partial charge in [0.2, 0.25) is 0 Å². The zero-order valence-electron chi connectivity index (χ0n) is 11.9. The average molecular weight is 286 g/mol. The third-order valence-electron chi connectivity index (χ3n) is 3.72. The Balaban J connectivity index is 2.29. The highest BCUT2D eigenvalue weighted by Crippen LogP contribution is 2.37. The summed E-state index contributed by atoms with van der Waals surface area (Å²) in [5.41, 5.74) is -0.268. The Morgan fingerprint density at radius 2 is 2.00 bits per heavy atom. The van der Waals surface area contributed by atoms with Gasteiger partial charge < -0.3 is 10.2 Å². The molecule has 5 heteroatoms. The number of hydrogen-bond acceptors (Lipinski definition) is 2. The summed E-state index contributed by atoms with van der Waals surface area (Å²) in [6.45, 7) is 5.44. The minimum atomic E-state index is -4.31. The molecule has 112 valence electrons. The number of nitrogens with one attached hydrogen (secondary N) is 1. The molecule has 2 rings (SSSR count). The number of nitrogens with zero attached hydrogens (tertiary/aromatic N) is 1. The quantitative estimate of drug-likeness (QED) is 0.908. The van der Waals surface area contributed by atoms with Gasteiger partial charge in [-0.1, -0.05) is 12.1 Å². The van der Waals surface area contributed by atoms with Gasteiger partial charge in [-0.2, -0.15) is 13.2 Å². The van der Waals surface area contributed by atoms with E-state index < -0.39 is 11.7 Å². The standard InChI is InChI=1S/C15H21F3N2/c1-11(2)20(10-12-6-5-9-19-12)14-8-4-3-7-13(14)15(16,17)18/h3-4,7-8,11-12,19H,5-6,9-10H2,1-2H3. The van der Waals surface area contributed by atoms with E-state index in [2.05, 4.69) is 5.32 Å². The van der Waals surface area contributed by atoms with Crippen LogP contribution >= 0.6 is 0 Å². The van der Waals surface area contributed by atoms with Gasteiger partial charge in [-0.3, -0.25) is 0 Å². The lowest BCUT2D eigenvalue weighted by molar-refractivity contribution is -0.137. The van der Waals surface area contributed by atoms with E-state index in [0.717, 1.165) is 25.5 Å². The van der Waals surface area contributed by atoms with Crippen LogP contribution < -0.4 is 10.2 Å². The molecular formula is C15H21F3N2. The maximum atomic E-state index is 13.1. The van der Waals surface area contributed by atoms with E-state index in [1.165, 1.54) is 6.07 Å². The Bertz CT molecular complexity index is 437. The average Bonchev–Trinajstić information content (AvgIpc) is 2.87. The Hall–Kier alpha value is -1.23. The lowest BCUT2D eigenvalue weighted by Crippen LogP contribution is -2.42. The Kier molecular flexibility index (Phi) is 4.58. The number of anilines is 1. The van der Waals surface area contributed by atoms with Gasteiger partial charge in [0, 0.05) is 24.3 Å². The van der Waals surface area contributed by atoms with E-state index in [1.54, 1.807) is 12.1 Å². The first kappa shape index (κ1) is 15.2. The second-order valence-electron chi connectivity index (χ2n) is 5.55. The minimum Gasteiger partial charge on any atom is -0.367 e. The van der Waals surface area contributed by atoms with E-state index in [4.69, 9.17) is 0 Å². The maximum Gasteiger partial charge on any atom is 0.418 e. The molecule has 1 fully saturated rings. The second-order valence-corrected chi connectivity index (χ2v) is 5.55. The fraction of sp³-hybridized carbons (Fsp3) is 0.600. The summed E-state index contributed by atoms with van der Waals surface area (Å²) in [4.78, 5) is 1.85. The van der Waals surface area contributed by atoms with Crippen LogP contribution in [0.15, 0.2) is 24.3 Å². The van der Waals surface area contributed by atoms with Gasteiger partial charge in [-0.05, 0) is 45.4 Å². The summed E-state index contributed by atoms with van der Waals surface area (Å²) in [6, 6.07) is 6.14. The van der Waals surface area contributed by atoms with Crippen LogP contribution in [0.3, 0.4) is 0 Å². The van der Waals surface area contributed by atoms with E-state index >= 15 is 0 Å². The molecule has 20 heavy (non-hydrogen) atoms. The zero-order chi connectivity index (χ0) is 14.8. The van der Waals surface area contributed by atoms with Crippen LogP contribution in [0.4, 0.5) is 18.9 Å². The Morgan fingerprint density at radius 3 is 2.55 bits per heavy atom. The third-order valence-corrected chi connectivity index (χ3v) is 3.72. The molecule has 1 aromatic carbocycles. The molecule has 1 N–H and O–H groups in total. The van der Waals surface area contributed by atoms with E-state index in [-0.39, 0.29) is 17.8 Å². The summed E-state index contributed by atoms with van der Waals surface area (Å²) >= 11 is 0. The van der Waals surface area contributed by atoms with Crippen molar-refractivity contribution in [3.63, 3.8) is 0 Å². The topological polar surface area (TPSA) is 15.3 Å². The van der Waals surface area contributed by atoms with E-state index in [9.17, 15) is 13.2 Å². The number of benzene rings is 1. The van der Waals surface area contributed by atoms with E-state index in [1.807, 2.05) is 18.7 Å². The molecule has 0 spiro atoms. The van der Waals surface area contributed by atoms with Crippen LogP contribution in [0.1, 0.15) is 32.3 Å². The van der Waals surface area contributed by atoms with Crippen LogP contribution in [0.5, 0.6) is 0 Å². The highest BCUT2D eigenvalue weighted by atomic mass is 19.4. The van der Waals surface area contributed by atoms with Gasteiger partial charge in [0.25, 0.3) is 0 Å². The smallest absolute Gasteiger partial charge is 0.367 e. The molecule has 0 radical (unpaired) electrons. The van der Waals surface area contributed by atoms with Gasteiger partial charge in [0.05, 0.1) is 5.56 Å². The first-order valence-corrected chi connectivity index (χ1v) is 7.06. The van der Waals surface area contributed by atoms with Crippen molar-refractivity contribution in [3.8, 4) is 0 Å². The van der Waals surface area contributed by atoms with Gasteiger partial charge in [-0.25, -0.2) is 0 Å². The van der Waals surface area contributed by atoms with Crippen molar-refractivity contribution < 1.29 is 13.2 Å². The van der Waals surface area contributed by atoms with Crippen LogP contribution in [-0.4, -0.2) is 25.2 Å². The van der Waals surface area contributed by atoms with Crippen LogP contribution in [0.25, 0.3) is 0 Å². The Labute approximate surface area is 118 Å². The molecular weight excluding hydrogens is 265 g/mol. The number of halogens is 3. The van der Waals surface area contributed by atoms with Crippen LogP contribution in [0, 0.1) is 0 Å². The summed E-state index contributed by atoms with van der Waals surface area (Å²) < 4.78 is 39.4. The normalized spacial score (nSPS) is 19.6. The highest BCUT2D eigenvalue weighted by Gasteiger charge is 2.35. The first-order valence-electron chi connectivity index (χ1n) is 7.06. The molecule has 0 bridgehead atoms. The lowest BCUT2D eigenvalue weighted by Gasteiger charge is -2.33. The number of alkyl halides is 3. The molecule has 0 amide bonds. The highest BCUT2D eigenvalue weighted by molar-refractivity contribution is 5.55. The SMILES string of the molecule is CC(C)N(CC1CCCN1)c1ccccc1C(F)(F)F. The Morgan fingerprint density at radius 1 is 1.30 bits per heavy atom. The molecule has 1 aliphatic rings.